The number of amides is 3. The summed E-state index contributed by atoms with van der Waals surface area (Å²) in [6.45, 7) is 7.94. The van der Waals surface area contributed by atoms with Gasteiger partial charge < -0.3 is 20.9 Å². The van der Waals surface area contributed by atoms with Crippen LogP contribution in [0.25, 0.3) is 0 Å². The van der Waals surface area contributed by atoms with Crippen molar-refractivity contribution in [2.45, 2.75) is 20.8 Å². The predicted octanol–water partition coefficient (Wildman–Crippen LogP) is 3.60. The van der Waals surface area contributed by atoms with E-state index in [1.54, 1.807) is 12.1 Å². The fraction of sp³-hybridized carbons (Fsp3) is 0.300. The summed E-state index contributed by atoms with van der Waals surface area (Å²) >= 11 is 0. The van der Waals surface area contributed by atoms with Gasteiger partial charge in [-0.25, -0.2) is 4.79 Å². The Bertz CT molecular complexity index is 743. The molecule has 0 bridgehead atoms. The number of nitrogens with zero attached hydrogens (tertiary/aromatic N) is 1. The second-order valence-corrected chi connectivity index (χ2v) is 5.89. The van der Waals surface area contributed by atoms with E-state index in [9.17, 15) is 9.59 Å². The van der Waals surface area contributed by atoms with E-state index in [-0.39, 0.29) is 12.5 Å². The summed E-state index contributed by atoms with van der Waals surface area (Å²) in [7, 11) is 0. The van der Waals surface area contributed by atoms with Gasteiger partial charge in [0.2, 0.25) is 5.91 Å². The fourth-order valence-corrected chi connectivity index (χ4v) is 2.63. The molecule has 2 rings (SSSR count). The minimum Gasteiger partial charge on any atom is -0.372 e. The maximum Gasteiger partial charge on any atom is 0.319 e. The van der Waals surface area contributed by atoms with E-state index < -0.39 is 6.03 Å². The van der Waals surface area contributed by atoms with Crippen molar-refractivity contribution in [3.8, 4) is 0 Å². The average molecular weight is 354 g/mol. The van der Waals surface area contributed by atoms with Gasteiger partial charge in [0.1, 0.15) is 0 Å². The molecule has 2 aromatic carbocycles. The van der Waals surface area contributed by atoms with E-state index in [1.165, 1.54) is 0 Å². The highest BCUT2D eigenvalue weighted by Gasteiger charge is 2.09. The summed E-state index contributed by atoms with van der Waals surface area (Å²) in [6, 6.07) is 14.6. The molecule has 0 saturated carbocycles. The van der Waals surface area contributed by atoms with Crippen LogP contribution in [0.2, 0.25) is 0 Å². The van der Waals surface area contributed by atoms with Gasteiger partial charge in [-0.05, 0) is 56.7 Å². The SMILES string of the molecule is CCN(CC)c1ccc(NC(=O)CNC(=O)Nc2ccccc2)c(C)c1. The lowest BCUT2D eigenvalue weighted by Crippen LogP contribution is -2.35. The van der Waals surface area contributed by atoms with Gasteiger partial charge in [-0.15, -0.1) is 0 Å². The normalized spacial score (nSPS) is 10.1. The summed E-state index contributed by atoms with van der Waals surface area (Å²) in [4.78, 5) is 26.1. The third-order valence-electron chi connectivity index (χ3n) is 4.05. The molecule has 0 unspecified atom stereocenters. The highest BCUT2D eigenvalue weighted by molar-refractivity contribution is 5.97. The van der Waals surface area contributed by atoms with Crippen LogP contribution in [0.1, 0.15) is 19.4 Å². The van der Waals surface area contributed by atoms with Crippen molar-refractivity contribution in [2.24, 2.45) is 0 Å². The Kier molecular flexibility index (Phi) is 7.02. The molecule has 0 aliphatic carbocycles. The molecule has 6 nitrogen and oxygen atoms in total. The first-order valence-corrected chi connectivity index (χ1v) is 8.78. The quantitative estimate of drug-likeness (QED) is 0.711. The lowest BCUT2D eigenvalue weighted by Gasteiger charge is -2.22. The number of nitrogens with one attached hydrogen (secondary N) is 3. The van der Waals surface area contributed by atoms with Gasteiger partial charge >= 0.3 is 6.03 Å². The Hall–Kier alpha value is -3.02. The second kappa shape index (κ2) is 9.46. The van der Waals surface area contributed by atoms with Crippen molar-refractivity contribution < 1.29 is 9.59 Å². The van der Waals surface area contributed by atoms with E-state index in [1.807, 2.05) is 37.3 Å². The van der Waals surface area contributed by atoms with Crippen LogP contribution < -0.4 is 20.9 Å². The van der Waals surface area contributed by atoms with Crippen molar-refractivity contribution in [1.29, 1.82) is 0 Å². The Labute approximate surface area is 154 Å². The molecule has 3 amide bonds. The molecule has 3 N–H and O–H groups in total. The zero-order valence-corrected chi connectivity index (χ0v) is 15.5. The van der Waals surface area contributed by atoms with Crippen molar-refractivity contribution >= 4 is 29.0 Å². The third kappa shape index (κ3) is 5.51. The fourth-order valence-electron chi connectivity index (χ4n) is 2.63. The molecule has 26 heavy (non-hydrogen) atoms. The van der Waals surface area contributed by atoms with Crippen LogP contribution in [0.15, 0.2) is 48.5 Å². The van der Waals surface area contributed by atoms with Crippen molar-refractivity contribution in [3.05, 3.63) is 54.1 Å². The topological polar surface area (TPSA) is 73.5 Å². The van der Waals surface area contributed by atoms with Crippen LogP contribution in [-0.4, -0.2) is 31.6 Å². The van der Waals surface area contributed by atoms with Crippen LogP contribution in [0.5, 0.6) is 0 Å². The van der Waals surface area contributed by atoms with Gasteiger partial charge in [0.15, 0.2) is 0 Å². The van der Waals surface area contributed by atoms with Crippen LogP contribution >= 0.6 is 0 Å². The van der Waals surface area contributed by atoms with Crippen molar-refractivity contribution in [1.82, 2.24) is 5.32 Å². The van der Waals surface area contributed by atoms with Crippen LogP contribution in [0, 0.1) is 6.92 Å². The molecule has 6 heteroatoms. The summed E-state index contributed by atoms with van der Waals surface area (Å²) in [5.41, 5.74) is 3.53. The van der Waals surface area contributed by atoms with Crippen LogP contribution in [-0.2, 0) is 4.79 Å². The van der Waals surface area contributed by atoms with Gasteiger partial charge in [0.05, 0.1) is 6.54 Å². The first kappa shape index (κ1) is 19.3. The Morgan fingerprint density at radius 1 is 0.962 bits per heavy atom. The number of urea groups is 1. The number of anilines is 3. The minimum atomic E-state index is -0.417. The molecule has 2 aromatic rings. The molecule has 138 valence electrons. The summed E-state index contributed by atoms with van der Waals surface area (Å²) in [5, 5.41) is 8.05. The van der Waals surface area contributed by atoms with Gasteiger partial charge in [-0.3, -0.25) is 4.79 Å². The first-order chi connectivity index (χ1) is 12.5. The molecule has 0 aliphatic rings. The number of hydrogen-bond acceptors (Lipinski definition) is 3. The highest BCUT2D eigenvalue weighted by atomic mass is 16.2. The number of benzene rings is 2. The van der Waals surface area contributed by atoms with E-state index in [4.69, 9.17) is 0 Å². The molecular formula is C20H26N4O2. The Morgan fingerprint density at radius 2 is 1.65 bits per heavy atom. The highest BCUT2D eigenvalue weighted by Crippen LogP contribution is 2.22. The number of carbonyl (C=O) groups excluding carboxylic acids is 2. The molecule has 0 fully saturated rings. The van der Waals surface area contributed by atoms with E-state index >= 15 is 0 Å². The third-order valence-corrected chi connectivity index (χ3v) is 4.05. The molecule has 0 radical (unpaired) electrons. The van der Waals surface area contributed by atoms with E-state index in [0.717, 1.165) is 30.0 Å². The lowest BCUT2D eigenvalue weighted by atomic mass is 10.1. The van der Waals surface area contributed by atoms with Gasteiger partial charge in [0, 0.05) is 30.2 Å². The van der Waals surface area contributed by atoms with Crippen molar-refractivity contribution in [3.63, 3.8) is 0 Å². The number of carbonyl (C=O) groups is 2. The smallest absolute Gasteiger partial charge is 0.319 e. The number of aryl methyl sites for hydroxylation is 1. The zero-order valence-electron chi connectivity index (χ0n) is 15.5. The largest absolute Gasteiger partial charge is 0.372 e. The average Bonchev–Trinajstić information content (AvgIpc) is 2.64. The number of rotatable bonds is 7. The first-order valence-electron chi connectivity index (χ1n) is 8.78. The van der Waals surface area contributed by atoms with Gasteiger partial charge in [-0.1, -0.05) is 18.2 Å². The number of hydrogen-bond donors (Lipinski definition) is 3. The molecule has 0 heterocycles. The predicted molar refractivity (Wildman–Crippen MR) is 107 cm³/mol. The van der Waals surface area contributed by atoms with E-state index in [2.05, 4.69) is 40.8 Å². The van der Waals surface area contributed by atoms with Crippen molar-refractivity contribution in [2.75, 3.05) is 35.2 Å². The maximum atomic E-state index is 12.1. The maximum absolute atomic E-state index is 12.1. The summed E-state index contributed by atoms with van der Waals surface area (Å²) in [5.74, 6) is -0.271. The Balaban J connectivity index is 1.86. The molecule has 0 aromatic heterocycles. The lowest BCUT2D eigenvalue weighted by molar-refractivity contribution is -0.115. The zero-order chi connectivity index (χ0) is 18.9. The van der Waals surface area contributed by atoms with Crippen LogP contribution in [0.3, 0.4) is 0 Å². The van der Waals surface area contributed by atoms with Gasteiger partial charge in [-0.2, -0.15) is 0 Å². The molecule has 0 atom stereocenters. The molecular weight excluding hydrogens is 328 g/mol. The molecule has 0 aliphatic heterocycles. The standard InChI is InChI=1S/C20H26N4O2/c1-4-24(5-2)17-11-12-18(15(3)13-17)23-19(25)14-21-20(26)22-16-9-7-6-8-10-16/h6-13H,4-5,14H2,1-3H3,(H,23,25)(H2,21,22,26). The molecule has 0 spiro atoms. The molecule has 0 saturated heterocycles. The summed E-state index contributed by atoms with van der Waals surface area (Å²) in [6.07, 6.45) is 0. The van der Waals surface area contributed by atoms with E-state index in [0.29, 0.717) is 5.69 Å². The van der Waals surface area contributed by atoms with Crippen LogP contribution in [0.4, 0.5) is 21.9 Å². The number of para-hydroxylation sites is 1. The Morgan fingerprint density at radius 3 is 2.27 bits per heavy atom. The van der Waals surface area contributed by atoms with Gasteiger partial charge in [0.25, 0.3) is 0 Å². The monoisotopic (exact) mass is 354 g/mol. The second-order valence-electron chi connectivity index (χ2n) is 5.89. The summed E-state index contributed by atoms with van der Waals surface area (Å²) < 4.78 is 0. The minimum absolute atomic E-state index is 0.101.